The van der Waals surface area contributed by atoms with Gasteiger partial charge in [-0.3, -0.25) is 10.1 Å². The van der Waals surface area contributed by atoms with Crippen molar-refractivity contribution >= 4 is 17.3 Å². The number of nitro benzene ring substituents is 1. The van der Waals surface area contributed by atoms with Crippen molar-refractivity contribution in [2.75, 3.05) is 11.9 Å². The van der Waals surface area contributed by atoms with Crippen LogP contribution in [0.2, 0.25) is 0 Å². The smallest absolute Gasteiger partial charge is 0.342 e. The van der Waals surface area contributed by atoms with Gasteiger partial charge >= 0.3 is 5.97 Å². The van der Waals surface area contributed by atoms with E-state index in [4.69, 9.17) is 5.11 Å². The van der Waals surface area contributed by atoms with E-state index < -0.39 is 22.7 Å². The minimum absolute atomic E-state index is 0.252. The van der Waals surface area contributed by atoms with Gasteiger partial charge in [0, 0.05) is 18.3 Å². The second kappa shape index (κ2) is 6.85. The number of carbonyl (C=O) groups is 1. The van der Waals surface area contributed by atoms with E-state index in [2.05, 4.69) is 5.32 Å². The number of aliphatic hydroxyl groups is 1. The van der Waals surface area contributed by atoms with Gasteiger partial charge in [-0.1, -0.05) is 13.8 Å². The van der Waals surface area contributed by atoms with Crippen molar-refractivity contribution in [1.82, 2.24) is 0 Å². The zero-order valence-electron chi connectivity index (χ0n) is 11.4. The summed E-state index contributed by atoms with van der Waals surface area (Å²) in [6.07, 6.45) is 0.0515. The molecule has 7 heteroatoms. The molecule has 0 fully saturated rings. The summed E-state index contributed by atoms with van der Waals surface area (Å²) in [6, 6.07) is 3.78. The zero-order chi connectivity index (χ0) is 15.3. The molecule has 0 bridgehead atoms. The Bertz CT molecular complexity index is 502. The maximum atomic E-state index is 10.9. The Labute approximate surface area is 116 Å². The molecule has 1 aromatic rings. The number of anilines is 1. The molecule has 7 nitrogen and oxygen atoms in total. The molecule has 0 aliphatic carbocycles. The molecule has 20 heavy (non-hydrogen) atoms. The Morgan fingerprint density at radius 3 is 2.60 bits per heavy atom. The molecule has 0 aromatic heterocycles. The van der Waals surface area contributed by atoms with E-state index in [1.807, 2.05) is 13.8 Å². The predicted molar refractivity (Wildman–Crippen MR) is 74.0 cm³/mol. The Kier molecular flexibility index (Phi) is 5.45. The quantitative estimate of drug-likeness (QED) is 0.521. The molecule has 0 aliphatic heterocycles. The lowest BCUT2D eigenvalue weighted by Gasteiger charge is -2.14. The average Bonchev–Trinajstić information content (AvgIpc) is 2.35. The maximum Gasteiger partial charge on any atom is 0.342 e. The first-order chi connectivity index (χ1) is 9.31. The molecule has 1 atom stereocenters. The van der Waals surface area contributed by atoms with E-state index in [1.165, 1.54) is 12.1 Å². The maximum absolute atomic E-state index is 10.9. The van der Waals surface area contributed by atoms with Gasteiger partial charge in [-0.05, 0) is 24.5 Å². The zero-order valence-corrected chi connectivity index (χ0v) is 11.4. The fourth-order valence-corrected chi connectivity index (χ4v) is 1.84. The number of nitrogens with one attached hydrogen (secondary N) is 1. The third-order valence-electron chi connectivity index (χ3n) is 2.71. The van der Waals surface area contributed by atoms with Gasteiger partial charge in [0.15, 0.2) is 0 Å². The third-order valence-corrected chi connectivity index (χ3v) is 2.71. The van der Waals surface area contributed by atoms with Crippen LogP contribution in [0.1, 0.15) is 30.6 Å². The molecule has 1 rings (SSSR count). The topological polar surface area (TPSA) is 113 Å². The number of hydrogen-bond donors (Lipinski definition) is 3. The van der Waals surface area contributed by atoms with E-state index >= 15 is 0 Å². The first-order valence-corrected chi connectivity index (χ1v) is 6.25. The molecule has 110 valence electrons. The number of carboxylic acid groups (broad SMARTS) is 1. The third kappa shape index (κ3) is 4.51. The molecule has 1 aromatic carbocycles. The van der Waals surface area contributed by atoms with E-state index in [-0.39, 0.29) is 12.1 Å². The second-order valence-electron chi connectivity index (χ2n) is 4.96. The highest BCUT2D eigenvalue weighted by molar-refractivity contribution is 5.93. The summed E-state index contributed by atoms with van der Waals surface area (Å²) in [5.74, 6) is -1.00. The van der Waals surface area contributed by atoms with Crippen LogP contribution in [0.25, 0.3) is 0 Å². The van der Waals surface area contributed by atoms with Gasteiger partial charge in [0.25, 0.3) is 5.69 Å². The van der Waals surface area contributed by atoms with Gasteiger partial charge in [-0.25, -0.2) is 4.79 Å². The second-order valence-corrected chi connectivity index (χ2v) is 4.96. The fourth-order valence-electron chi connectivity index (χ4n) is 1.84. The standard InChI is InChI=1S/C13H18N2O5/c1-8(2)5-10(16)7-14-9-3-4-11(13(17)18)12(6-9)15(19)20/h3-4,6,8,10,14,16H,5,7H2,1-2H3,(H,17,18). The highest BCUT2D eigenvalue weighted by Crippen LogP contribution is 2.23. The van der Waals surface area contributed by atoms with Crippen LogP contribution in [-0.4, -0.2) is 33.8 Å². The van der Waals surface area contributed by atoms with Gasteiger partial charge in [-0.2, -0.15) is 0 Å². The van der Waals surface area contributed by atoms with Gasteiger partial charge in [0.05, 0.1) is 11.0 Å². The van der Waals surface area contributed by atoms with Crippen molar-refractivity contribution in [3.63, 3.8) is 0 Å². The number of hydrogen-bond acceptors (Lipinski definition) is 5. The van der Waals surface area contributed by atoms with E-state index in [0.717, 1.165) is 6.07 Å². The van der Waals surface area contributed by atoms with Crippen LogP contribution < -0.4 is 5.32 Å². The van der Waals surface area contributed by atoms with Crippen LogP contribution in [0.15, 0.2) is 18.2 Å². The van der Waals surface area contributed by atoms with Crippen LogP contribution in [-0.2, 0) is 0 Å². The lowest BCUT2D eigenvalue weighted by Crippen LogP contribution is -2.21. The first kappa shape index (κ1) is 15.9. The Morgan fingerprint density at radius 1 is 1.45 bits per heavy atom. The summed E-state index contributed by atoms with van der Waals surface area (Å²) in [5, 5.41) is 32.3. The molecule has 0 saturated heterocycles. The molecule has 3 N–H and O–H groups in total. The number of nitro groups is 1. The number of aliphatic hydroxyl groups excluding tert-OH is 1. The fraction of sp³-hybridized carbons (Fsp3) is 0.462. The van der Waals surface area contributed by atoms with Crippen LogP contribution in [0.4, 0.5) is 11.4 Å². The summed E-state index contributed by atoms with van der Waals surface area (Å²) in [4.78, 5) is 21.0. The highest BCUT2D eigenvalue weighted by atomic mass is 16.6. The number of rotatable bonds is 7. The van der Waals surface area contributed by atoms with E-state index in [0.29, 0.717) is 18.0 Å². The van der Waals surface area contributed by atoms with Gasteiger partial charge in [0.1, 0.15) is 5.56 Å². The number of carboxylic acids is 1. The molecule has 0 heterocycles. The number of benzene rings is 1. The lowest BCUT2D eigenvalue weighted by molar-refractivity contribution is -0.385. The van der Waals surface area contributed by atoms with Crippen molar-refractivity contribution in [2.24, 2.45) is 5.92 Å². The largest absolute Gasteiger partial charge is 0.477 e. The molecular weight excluding hydrogens is 264 g/mol. The lowest BCUT2D eigenvalue weighted by atomic mass is 10.1. The van der Waals surface area contributed by atoms with Crippen LogP contribution >= 0.6 is 0 Å². The summed E-state index contributed by atoms with van der Waals surface area (Å²) < 4.78 is 0. The highest BCUT2D eigenvalue weighted by Gasteiger charge is 2.20. The van der Waals surface area contributed by atoms with Gasteiger partial charge in [-0.15, -0.1) is 0 Å². The van der Waals surface area contributed by atoms with Gasteiger partial charge in [0.2, 0.25) is 0 Å². The Balaban J connectivity index is 2.80. The average molecular weight is 282 g/mol. The van der Waals surface area contributed by atoms with Crippen molar-refractivity contribution in [3.05, 3.63) is 33.9 Å². The van der Waals surface area contributed by atoms with Gasteiger partial charge < -0.3 is 15.5 Å². The molecular formula is C13H18N2O5. The molecule has 0 amide bonds. The molecule has 0 radical (unpaired) electrons. The summed E-state index contributed by atoms with van der Waals surface area (Å²) >= 11 is 0. The van der Waals surface area contributed by atoms with Crippen molar-refractivity contribution in [3.8, 4) is 0 Å². The summed E-state index contributed by atoms with van der Waals surface area (Å²) in [7, 11) is 0. The molecule has 1 unspecified atom stereocenters. The summed E-state index contributed by atoms with van der Waals surface area (Å²) in [5.41, 5.74) is -0.423. The minimum atomic E-state index is -1.34. The van der Waals surface area contributed by atoms with Crippen molar-refractivity contribution < 1.29 is 19.9 Å². The summed E-state index contributed by atoms with van der Waals surface area (Å²) in [6.45, 7) is 4.22. The van der Waals surface area contributed by atoms with Crippen LogP contribution in [0, 0.1) is 16.0 Å². The number of nitrogens with zero attached hydrogens (tertiary/aromatic N) is 1. The molecule has 0 spiro atoms. The predicted octanol–water partition coefficient (Wildman–Crippen LogP) is 2.11. The van der Waals surface area contributed by atoms with Crippen molar-refractivity contribution in [1.29, 1.82) is 0 Å². The minimum Gasteiger partial charge on any atom is -0.477 e. The van der Waals surface area contributed by atoms with Crippen molar-refractivity contribution in [2.45, 2.75) is 26.4 Å². The SMILES string of the molecule is CC(C)CC(O)CNc1ccc(C(=O)O)c([N+](=O)[O-])c1. The molecule has 0 aliphatic rings. The van der Waals surface area contributed by atoms with E-state index in [1.54, 1.807) is 0 Å². The Morgan fingerprint density at radius 2 is 2.10 bits per heavy atom. The Hall–Kier alpha value is -2.15. The monoisotopic (exact) mass is 282 g/mol. The van der Waals surface area contributed by atoms with Crippen LogP contribution in [0.5, 0.6) is 0 Å². The van der Waals surface area contributed by atoms with E-state index in [9.17, 15) is 20.0 Å². The van der Waals surface area contributed by atoms with Crippen LogP contribution in [0.3, 0.4) is 0 Å². The first-order valence-electron chi connectivity index (χ1n) is 6.25. The number of aromatic carboxylic acids is 1. The molecule has 0 saturated carbocycles. The normalized spacial score (nSPS) is 12.2.